The second kappa shape index (κ2) is 6.14. The van der Waals surface area contributed by atoms with E-state index in [0.717, 1.165) is 10.6 Å². The number of nitrogens with zero attached hydrogens (tertiary/aromatic N) is 3. The molecule has 1 aliphatic rings. The topological polar surface area (TPSA) is 58.4 Å². The van der Waals surface area contributed by atoms with Crippen LogP contribution < -0.4 is 0 Å². The summed E-state index contributed by atoms with van der Waals surface area (Å²) in [5.41, 5.74) is -2.30. The molecule has 8 heteroatoms. The van der Waals surface area contributed by atoms with Crippen LogP contribution in [-0.4, -0.2) is 50.6 Å². The maximum absolute atomic E-state index is 12.8. The second-order valence-electron chi connectivity index (χ2n) is 6.43. The van der Waals surface area contributed by atoms with Gasteiger partial charge >= 0.3 is 6.18 Å². The number of aliphatic hydroxyl groups is 1. The first-order valence-electron chi connectivity index (χ1n) is 7.67. The normalized spacial score (nSPS) is 19.9. The Balaban J connectivity index is 2.04. The average molecular weight is 333 g/mol. The Morgan fingerprint density at radius 1 is 1.35 bits per heavy atom. The van der Waals surface area contributed by atoms with Crippen molar-refractivity contribution in [2.45, 2.75) is 57.3 Å². The quantitative estimate of drug-likeness (QED) is 0.924. The number of carbonyl (C=O) groups is 1. The van der Waals surface area contributed by atoms with E-state index in [0.29, 0.717) is 19.8 Å². The maximum atomic E-state index is 12.8. The zero-order chi connectivity index (χ0) is 17.4. The fraction of sp³-hybridized carbons (Fsp3) is 0.733. The van der Waals surface area contributed by atoms with Gasteiger partial charge < -0.3 is 10.0 Å². The van der Waals surface area contributed by atoms with Gasteiger partial charge in [0.15, 0.2) is 0 Å². The van der Waals surface area contributed by atoms with E-state index >= 15 is 0 Å². The summed E-state index contributed by atoms with van der Waals surface area (Å²) in [6, 6.07) is 2.11. The summed E-state index contributed by atoms with van der Waals surface area (Å²) in [6.45, 7) is 4.92. The number of likely N-dealkylation sites (tertiary alicyclic amines) is 1. The Kier molecular flexibility index (Phi) is 4.75. The molecule has 0 aromatic carbocycles. The van der Waals surface area contributed by atoms with Gasteiger partial charge in [0.25, 0.3) is 5.91 Å². The number of piperidine rings is 1. The molecule has 5 nitrogen and oxygen atoms in total. The van der Waals surface area contributed by atoms with Gasteiger partial charge in [-0.2, -0.15) is 18.3 Å². The van der Waals surface area contributed by atoms with Crippen molar-refractivity contribution in [1.29, 1.82) is 0 Å². The highest BCUT2D eigenvalue weighted by molar-refractivity contribution is 5.85. The first kappa shape index (κ1) is 17.8. The highest BCUT2D eigenvalue weighted by Crippen LogP contribution is 2.34. The van der Waals surface area contributed by atoms with Crippen LogP contribution in [0.3, 0.4) is 0 Å². The van der Waals surface area contributed by atoms with Gasteiger partial charge in [-0.15, -0.1) is 0 Å². The lowest BCUT2D eigenvalue weighted by Crippen LogP contribution is -2.57. The number of alkyl halides is 3. The zero-order valence-corrected chi connectivity index (χ0v) is 13.5. The second-order valence-corrected chi connectivity index (χ2v) is 6.43. The standard InChI is InChI=1S/C15H22F3N3O2/c1-10(2)21-12(4-7-19-21)11-5-8-20(9-6-11)13(22)14(3,23)15(16,17)18/h4,7,10-11,23H,5-6,8-9H2,1-3H3/t14-/m1/s1. The van der Waals surface area contributed by atoms with E-state index in [1.807, 2.05) is 24.6 Å². The molecular weight excluding hydrogens is 311 g/mol. The molecule has 1 N–H and O–H groups in total. The molecule has 0 spiro atoms. The largest absolute Gasteiger partial charge is 0.426 e. The number of aromatic nitrogens is 2. The van der Waals surface area contributed by atoms with Crippen molar-refractivity contribution in [2.24, 2.45) is 0 Å². The van der Waals surface area contributed by atoms with Gasteiger partial charge in [0, 0.05) is 36.9 Å². The highest BCUT2D eigenvalue weighted by Gasteiger charge is 2.57. The molecule has 0 saturated carbocycles. The lowest BCUT2D eigenvalue weighted by atomic mass is 9.92. The number of hydrogen-bond donors (Lipinski definition) is 1. The van der Waals surface area contributed by atoms with Gasteiger partial charge in [-0.25, -0.2) is 0 Å². The van der Waals surface area contributed by atoms with Gasteiger partial charge in [0.05, 0.1) is 0 Å². The van der Waals surface area contributed by atoms with Gasteiger partial charge in [0.2, 0.25) is 5.60 Å². The van der Waals surface area contributed by atoms with Crippen molar-refractivity contribution in [3.8, 4) is 0 Å². The third-order valence-corrected chi connectivity index (χ3v) is 4.36. The minimum atomic E-state index is -4.98. The van der Waals surface area contributed by atoms with Crippen molar-refractivity contribution in [2.75, 3.05) is 13.1 Å². The SMILES string of the molecule is CC(C)n1nccc1C1CCN(C(=O)[C@@](C)(O)C(F)(F)F)CC1. The molecular formula is C15H22F3N3O2. The van der Waals surface area contributed by atoms with E-state index in [4.69, 9.17) is 0 Å². The molecule has 1 aromatic heterocycles. The number of halogens is 3. The molecule has 0 aliphatic carbocycles. The first-order chi connectivity index (χ1) is 10.6. The van der Waals surface area contributed by atoms with E-state index in [9.17, 15) is 23.1 Å². The molecule has 1 saturated heterocycles. The highest BCUT2D eigenvalue weighted by atomic mass is 19.4. The third-order valence-electron chi connectivity index (χ3n) is 4.36. The Morgan fingerprint density at radius 3 is 2.39 bits per heavy atom. The predicted molar refractivity (Wildman–Crippen MR) is 77.8 cm³/mol. The Morgan fingerprint density at radius 2 is 1.91 bits per heavy atom. The molecule has 2 heterocycles. The molecule has 1 aliphatic heterocycles. The van der Waals surface area contributed by atoms with Crippen molar-refractivity contribution in [3.05, 3.63) is 18.0 Å². The van der Waals surface area contributed by atoms with E-state index in [-0.39, 0.29) is 25.0 Å². The number of hydrogen-bond acceptors (Lipinski definition) is 3. The summed E-state index contributed by atoms with van der Waals surface area (Å²) in [5.74, 6) is -1.12. The lowest BCUT2D eigenvalue weighted by molar-refractivity contribution is -0.250. The van der Waals surface area contributed by atoms with Crippen molar-refractivity contribution in [1.82, 2.24) is 14.7 Å². The lowest BCUT2D eigenvalue weighted by Gasteiger charge is -2.37. The van der Waals surface area contributed by atoms with Crippen LogP contribution in [0, 0.1) is 0 Å². The van der Waals surface area contributed by atoms with Crippen LogP contribution in [-0.2, 0) is 4.79 Å². The van der Waals surface area contributed by atoms with Crippen molar-refractivity contribution >= 4 is 5.91 Å². The molecule has 0 unspecified atom stereocenters. The maximum Gasteiger partial charge on any atom is 0.426 e. The van der Waals surface area contributed by atoms with Crippen LogP contribution >= 0.6 is 0 Å². The van der Waals surface area contributed by atoms with E-state index in [1.165, 1.54) is 0 Å². The molecule has 0 radical (unpaired) electrons. The fourth-order valence-electron chi connectivity index (χ4n) is 2.89. The first-order valence-corrected chi connectivity index (χ1v) is 7.67. The van der Waals surface area contributed by atoms with Crippen molar-refractivity contribution in [3.63, 3.8) is 0 Å². The summed E-state index contributed by atoms with van der Waals surface area (Å²) in [4.78, 5) is 13.1. The zero-order valence-electron chi connectivity index (χ0n) is 13.5. The van der Waals surface area contributed by atoms with Crippen LogP contribution in [0.1, 0.15) is 51.3 Å². The molecule has 1 aromatic rings. The fourth-order valence-corrected chi connectivity index (χ4v) is 2.89. The third kappa shape index (κ3) is 3.36. The Bertz CT molecular complexity index is 559. The van der Waals surface area contributed by atoms with Gasteiger partial charge in [0.1, 0.15) is 0 Å². The summed E-state index contributed by atoms with van der Waals surface area (Å²) in [7, 11) is 0. The van der Waals surface area contributed by atoms with Gasteiger partial charge in [-0.3, -0.25) is 9.48 Å². The van der Waals surface area contributed by atoms with Crippen LogP contribution in [0.25, 0.3) is 0 Å². The molecule has 1 atom stereocenters. The van der Waals surface area contributed by atoms with Gasteiger partial charge in [-0.1, -0.05) is 0 Å². The average Bonchev–Trinajstić information content (AvgIpc) is 2.95. The molecule has 23 heavy (non-hydrogen) atoms. The van der Waals surface area contributed by atoms with E-state index < -0.39 is 17.7 Å². The summed E-state index contributed by atoms with van der Waals surface area (Å²) < 4.78 is 40.2. The van der Waals surface area contributed by atoms with E-state index in [2.05, 4.69) is 5.10 Å². The van der Waals surface area contributed by atoms with Crippen LogP contribution in [0.5, 0.6) is 0 Å². The molecule has 130 valence electrons. The van der Waals surface area contributed by atoms with Crippen LogP contribution in [0.4, 0.5) is 13.2 Å². The van der Waals surface area contributed by atoms with E-state index in [1.54, 1.807) is 6.20 Å². The molecule has 0 bridgehead atoms. The van der Waals surface area contributed by atoms with Crippen molar-refractivity contribution < 1.29 is 23.1 Å². The number of amides is 1. The van der Waals surface area contributed by atoms with Crippen LogP contribution in [0.2, 0.25) is 0 Å². The smallest absolute Gasteiger partial charge is 0.373 e. The summed E-state index contributed by atoms with van der Waals surface area (Å²) in [5, 5.41) is 13.8. The van der Waals surface area contributed by atoms with Gasteiger partial charge in [-0.05, 0) is 39.7 Å². The number of rotatable bonds is 3. The minimum absolute atomic E-state index is 0.153. The predicted octanol–water partition coefficient (Wildman–Crippen LogP) is 2.48. The van der Waals surface area contributed by atoms with Crippen LogP contribution in [0.15, 0.2) is 12.3 Å². The summed E-state index contributed by atoms with van der Waals surface area (Å²) >= 11 is 0. The Hall–Kier alpha value is -1.57. The molecule has 1 amide bonds. The molecule has 1 fully saturated rings. The number of carbonyl (C=O) groups excluding carboxylic acids is 1. The Labute approximate surface area is 133 Å². The molecule has 2 rings (SSSR count). The minimum Gasteiger partial charge on any atom is -0.373 e. The summed E-state index contributed by atoms with van der Waals surface area (Å²) in [6.07, 6.45) is -2.16. The monoisotopic (exact) mass is 333 g/mol.